The van der Waals surface area contributed by atoms with Crippen LogP contribution in [0.2, 0.25) is 0 Å². The molecule has 3 aliphatic heterocycles. The van der Waals surface area contributed by atoms with Crippen molar-refractivity contribution in [2.24, 2.45) is 23.7 Å². The highest BCUT2D eigenvalue weighted by Gasteiger charge is 2.76. The number of nitro benzene ring substituents is 2. The van der Waals surface area contributed by atoms with Crippen molar-refractivity contribution in [3.8, 4) is 11.5 Å². The monoisotopic (exact) mass is 711 g/mol. The molecule has 5 aliphatic rings. The molecule has 2 aromatic rings. The molecule has 15 nitrogen and oxygen atoms in total. The molecule has 0 bridgehead atoms. The molecule has 1 N–H and O–H groups in total. The number of benzene rings is 2. The Morgan fingerprint density at radius 2 is 1.63 bits per heavy atom. The topological polar surface area (TPSA) is 194 Å². The Labute approximate surface area is 287 Å². The van der Waals surface area contributed by atoms with Gasteiger partial charge in [0.2, 0.25) is 11.8 Å². The fourth-order valence-electron chi connectivity index (χ4n) is 8.26. The fraction of sp³-hybridized carbons (Fsp3) is 0.375. The molecule has 4 amide bonds. The first-order valence-corrected chi connectivity index (χ1v) is 15.9. The van der Waals surface area contributed by atoms with Gasteiger partial charge in [-0.2, -0.15) is 0 Å². The minimum absolute atomic E-state index is 0.000214. The summed E-state index contributed by atoms with van der Waals surface area (Å²) in [6, 6.07) is 6.42. The number of ether oxygens (including phenoxy) is 1. The lowest BCUT2D eigenvalue weighted by Crippen LogP contribution is -2.61. The molecule has 3 heterocycles. The number of hydrogen-bond donors (Lipinski definition) is 1. The van der Waals surface area contributed by atoms with E-state index >= 15 is 0 Å². The maximum Gasteiger partial charge on any atom is 0.301 e. The second-order valence-corrected chi connectivity index (χ2v) is 14.3. The number of carbonyl (C=O) groups excluding carboxylic acids is 4. The summed E-state index contributed by atoms with van der Waals surface area (Å²) >= 11 is 14.4. The van der Waals surface area contributed by atoms with Crippen molar-refractivity contribution in [2.45, 2.75) is 29.0 Å². The van der Waals surface area contributed by atoms with Gasteiger partial charge in [0.15, 0.2) is 15.4 Å². The van der Waals surface area contributed by atoms with E-state index in [9.17, 15) is 44.5 Å². The maximum atomic E-state index is 14.4. The zero-order valence-corrected chi connectivity index (χ0v) is 27.6. The van der Waals surface area contributed by atoms with Gasteiger partial charge in [-0.15, -0.1) is 23.2 Å². The molecule has 3 fully saturated rings. The van der Waals surface area contributed by atoms with Crippen LogP contribution < -0.4 is 14.5 Å². The second kappa shape index (κ2) is 10.7. The number of rotatable bonds is 5. The molecule has 6 atom stereocenters. The van der Waals surface area contributed by atoms with E-state index in [-0.39, 0.29) is 36.4 Å². The van der Waals surface area contributed by atoms with Crippen molar-refractivity contribution in [3.05, 3.63) is 79.6 Å². The Morgan fingerprint density at radius 3 is 2.24 bits per heavy atom. The largest absolute Gasteiger partial charge is 0.508 e. The van der Waals surface area contributed by atoms with Gasteiger partial charge in [0.25, 0.3) is 11.8 Å². The molecule has 1 saturated carbocycles. The minimum Gasteiger partial charge on any atom is -0.508 e. The van der Waals surface area contributed by atoms with E-state index < -0.39 is 78.3 Å². The molecule has 2 aliphatic carbocycles. The van der Waals surface area contributed by atoms with Gasteiger partial charge in [-0.25, -0.2) is 4.90 Å². The number of anilines is 2. The summed E-state index contributed by atoms with van der Waals surface area (Å²) in [7, 11) is 4.04. The molecule has 254 valence electrons. The van der Waals surface area contributed by atoms with E-state index in [0.717, 1.165) is 21.9 Å². The number of imide groups is 2. The molecule has 0 radical (unpaired) electrons. The first kappa shape index (κ1) is 32.5. The molecule has 2 aromatic carbocycles. The highest BCUT2D eigenvalue weighted by atomic mass is 35.5. The molecule has 0 unspecified atom stereocenters. The molecule has 17 heteroatoms. The Morgan fingerprint density at radius 1 is 0.980 bits per heavy atom. The number of aromatic hydroxyl groups is 1. The summed E-state index contributed by atoms with van der Waals surface area (Å²) < 4.78 is 5.87. The molecule has 49 heavy (non-hydrogen) atoms. The summed E-state index contributed by atoms with van der Waals surface area (Å²) in [6.07, 6.45) is 2.97. The minimum atomic E-state index is -2.06. The number of phenolic OH excluding ortho intramolecular Hbond substituents is 1. The van der Waals surface area contributed by atoms with Gasteiger partial charge in [0.1, 0.15) is 11.5 Å². The Kier molecular flexibility index (Phi) is 7.13. The van der Waals surface area contributed by atoms with Crippen molar-refractivity contribution in [2.75, 3.05) is 30.9 Å². The van der Waals surface area contributed by atoms with Crippen LogP contribution in [0.1, 0.15) is 18.4 Å². The highest BCUT2D eigenvalue weighted by Crippen LogP contribution is 2.64. The predicted molar refractivity (Wildman–Crippen MR) is 173 cm³/mol. The van der Waals surface area contributed by atoms with Crippen LogP contribution in [0.5, 0.6) is 11.5 Å². The van der Waals surface area contributed by atoms with Crippen molar-refractivity contribution in [1.29, 1.82) is 0 Å². The number of carbonyl (C=O) groups is 4. The summed E-state index contributed by atoms with van der Waals surface area (Å²) in [5.74, 6) is -6.77. The molecule has 7 rings (SSSR count). The van der Waals surface area contributed by atoms with E-state index in [1.165, 1.54) is 44.4 Å². The summed E-state index contributed by atoms with van der Waals surface area (Å²) in [4.78, 5) is 77.0. The van der Waals surface area contributed by atoms with Gasteiger partial charge in [0, 0.05) is 51.2 Å². The molecule has 0 spiro atoms. The van der Waals surface area contributed by atoms with Crippen LogP contribution in [0.3, 0.4) is 0 Å². The van der Waals surface area contributed by atoms with Crippen molar-refractivity contribution < 1.29 is 38.9 Å². The lowest BCUT2D eigenvalue weighted by Gasteiger charge is -2.51. The molecule has 0 aromatic heterocycles. The number of fused-ring (bicyclic) bond motifs is 5. The zero-order chi connectivity index (χ0) is 35.5. The third-order valence-electron chi connectivity index (χ3n) is 10.3. The van der Waals surface area contributed by atoms with Crippen LogP contribution in [0.15, 0.2) is 53.8 Å². The fourth-order valence-corrected chi connectivity index (χ4v) is 9.30. The third kappa shape index (κ3) is 4.27. The summed E-state index contributed by atoms with van der Waals surface area (Å²) in [6.45, 7) is 0. The van der Waals surface area contributed by atoms with Crippen LogP contribution in [0.4, 0.5) is 22.7 Å². The normalized spacial score (nSPS) is 30.1. The quantitative estimate of drug-likeness (QED) is 0.156. The first-order valence-electron chi connectivity index (χ1n) is 15.1. The Bertz CT molecular complexity index is 1980. The van der Waals surface area contributed by atoms with Crippen molar-refractivity contribution in [1.82, 2.24) is 4.90 Å². The van der Waals surface area contributed by atoms with E-state index in [2.05, 4.69) is 0 Å². The SMILES string of the molecule is CN1C(=O)[C@]2(Cl)C[C@@H]3C(=CC[C@@H]4C(=O)N(c5cc([N+](=O)[O-])c(N(C)C)c([N+](=O)[O-])c5)C(=O)[C@@H]43)[C@H](C3=COc4ccc(O)cc4C3)[C@]2(Cl)C1=O. The van der Waals surface area contributed by atoms with Gasteiger partial charge in [-0.05, 0) is 42.5 Å². The van der Waals surface area contributed by atoms with Gasteiger partial charge >= 0.3 is 11.4 Å². The second-order valence-electron chi connectivity index (χ2n) is 13.0. The number of halogens is 2. The predicted octanol–water partition coefficient (Wildman–Crippen LogP) is 3.82. The van der Waals surface area contributed by atoms with E-state index in [1.54, 1.807) is 12.1 Å². The lowest BCUT2D eigenvalue weighted by molar-refractivity contribution is -0.392. The summed E-state index contributed by atoms with van der Waals surface area (Å²) in [5.41, 5.74) is -0.511. The first-order chi connectivity index (χ1) is 23.0. The zero-order valence-electron chi connectivity index (χ0n) is 26.1. The van der Waals surface area contributed by atoms with Crippen LogP contribution >= 0.6 is 23.2 Å². The van der Waals surface area contributed by atoms with Crippen molar-refractivity contribution >= 4 is 69.6 Å². The molecular formula is C32H27Cl2N5O10. The van der Waals surface area contributed by atoms with Gasteiger partial charge in [0.05, 0.1) is 33.6 Å². The number of allylic oxidation sites excluding steroid dienone is 3. The Hall–Kier alpha value is -5.02. The molecule has 2 saturated heterocycles. The summed E-state index contributed by atoms with van der Waals surface area (Å²) in [5, 5.41) is 34.2. The number of nitrogens with zero attached hydrogens (tertiary/aromatic N) is 5. The average molecular weight is 712 g/mol. The van der Waals surface area contributed by atoms with E-state index in [1.807, 2.05) is 0 Å². The maximum absolute atomic E-state index is 14.4. The third-order valence-corrected chi connectivity index (χ3v) is 11.7. The van der Waals surface area contributed by atoms with Crippen LogP contribution in [-0.4, -0.2) is 74.4 Å². The number of nitro groups is 2. The number of phenols is 1. The van der Waals surface area contributed by atoms with Gasteiger partial charge < -0.3 is 14.7 Å². The van der Waals surface area contributed by atoms with Crippen LogP contribution in [0, 0.1) is 43.9 Å². The Balaban J connectivity index is 1.35. The highest BCUT2D eigenvalue weighted by molar-refractivity contribution is 6.53. The molecular weight excluding hydrogens is 685 g/mol. The smallest absolute Gasteiger partial charge is 0.301 e. The van der Waals surface area contributed by atoms with Gasteiger partial charge in [-0.3, -0.25) is 44.3 Å². The number of amides is 4. The van der Waals surface area contributed by atoms with Crippen molar-refractivity contribution in [3.63, 3.8) is 0 Å². The number of alkyl halides is 2. The lowest BCUT2D eigenvalue weighted by atomic mass is 9.56. The van der Waals surface area contributed by atoms with Crippen LogP contribution in [-0.2, 0) is 25.6 Å². The standard InChI is InChI=1S/C32H27Cl2N5O10/c1-35(2)26-21(38(45)46)10-16(11-22(26)39(47)48)37-27(41)19-6-5-18-20(24(19)28(37)42)12-31(33)29(43)36(3)30(44)32(31,34)25(18)15-8-14-9-17(40)4-7-23(14)49-13-15/h4-5,7,9-11,13,19-20,24-25,40H,6,8,12H2,1-3H3/t19-,20+,24-,25-,31+,32-/m0/s1. The average Bonchev–Trinajstić information content (AvgIpc) is 3.38. The number of likely N-dealkylation sites (tertiary alicyclic amines) is 1. The van der Waals surface area contributed by atoms with Crippen LogP contribution in [0.25, 0.3) is 0 Å². The van der Waals surface area contributed by atoms with Gasteiger partial charge in [-0.1, -0.05) is 11.6 Å². The number of hydrogen-bond acceptors (Lipinski definition) is 11. The van der Waals surface area contributed by atoms with E-state index in [4.69, 9.17) is 27.9 Å². The van der Waals surface area contributed by atoms with E-state index in [0.29, 0.717) is 22.5 Å².